The highest BCUT2D eigenvalue weighted by Gasteiger charge is 2.08. The summed E-state index contributed by atoms with van der Waals surface area (Å²) in [6, 6.07) is 5.84. The Labute approximate surface area is 127 Å². The van der Waals surface area contributed by atoms with E-state index in [9.17, 15) is 0 Å². The molecule has 0 atom stereocenters. The summed E-state index contributed by atoms with van der Waals surface area (Å²) in [4.78, 5) is 0.381. The number of hydrogen-bond donors (Lipinski definition) is 2. The van der Waals surface area contributed by atoms with Crippen LogP contribution in [0.4, 0.5) is 5.69 Å². The number of halogens is 1. The van der Waals surface area contributed by atoms with Crippen LogP contribution in [0.5, 0.6) is 0 Å². The molecule has 0 bridgehead atoms. The van der Waals surface area contributed by atoms with Gasteiger partial charge in [-0.1, -0.05) is 18.3 Å². The van der Waals surface area contributed by atoms with Gasteiger partial charge in [0.2, 0.25) is 0 Å². The van der Waals surface area contributed by atoms with Gasteiger partial charge in [0.15, 0.2) is 0 Å². The van der Waals surface area contributed by atoms with Crippen LogP contribution in [-0.4, -0.2) is 38.5 Å². The Morgan fingerprint density at radius 1 is 1.37 bits per heavy atom. The van der Waals surface area contributed by atoms with Crippen LogP contribution >= 0.6 is 28.1 Å². The highest BCUT2D eigenvalue weighted by molar-refractivity contribution is 9.10. The highest BCUT2D eigenvalue weighted by Crippen LogP contribution is 2.24. The first-order valence-electron chi connectivity index (χ1n) is 6.05. The predicted octanol–water partition coefficient (Wildman–Crippen LogP) is 2.55. The Morgan fingerprint density at radius 2 is 2.16 bits per heavy atom. The van der Waals surface area contributed by atoms with Crippen molar-refractivity contribution in [3.63, 3.8) is 0 Å². The first-order chi connectivity index (χ1) is 9.16. The van der Waals surface area contributed by atoms with E-state index in [1.807, 2.05) is 18.2 Å². The molecule has 0 heterocycles. The third-order valence-electron chi connectivity index (χ3n) is 2.47. The first kappa shape index (κ1) is 16.4. The smallest absolute Gasteiger partial charge is 0.107 e. The molecule has 0 spiro atoms. The minimum absolute atomic E-state index is 0.381. The molecule has 0 aliphatic heterocycles. The van der Waals surface area contributed by atoms with Crippen LogP contribution < -0.4 is 11.1 Å². The van der Waals surface area contributed by atoms with Crippen molar-refractivity contribution in [2.24, 2.45) is 5.73 Å². The molecule has 6 heteroatoms. The summed E-state index contributed by atoms with van der Waals surface area (Å²) >= 11 is 8.51. The molecule has 0 unspecified atom stereocenters. The Morgan fingerprint density at radius 3 is 2.84 bits per heavy atom. The molecule has 0 saturated heterocycles. The summed E-state index contributed by atoms with van der Waals surface area (Å²) in [5.41, 5.74) is 7.51. The van der Waals surface area contributed by atoms with E-state index in [-0.39, 0.29) is 0 Å². The Hall–Kier alpha value is -0.690. The maximum atomic E-state index is 5.72. The molecule has 0 aromatic heterocycles. The number of benzene rings is 1. The fourth-order valence-corrected chi connectivity index (χ4v) is 2.49. The van der Waals surface area contributed by atoms with Gasteiger partial charge in [-0.25, -0.2) is 0 Å². The Kier molecular flexibility index (Phi) is 7.97. The Balaban J connectivity index is 2.37. The van der Waals surface area contributed by atoms with Crippen LogP contribution in [0.2, 0.25) is 0 Å². The van der Waals surface area contributed by atoms with Crippen molar-refractivity contribution in [2.75, 3.05) is 38.8 Å². The van der Waals surface area contributed by atoms with Gasteiger partial charge in [0, 0.05) is 36.0 Å². The largest absolute Gasteiger partial charge is 0.389 e. The van der Waals surface area contributed by atoms with Gasteiger partial charge in [-0.05, 0) is 34.5 Å². The zero-order valence-electron chi connectivity index (χ0n) is 10.9. The van der Waals surface area contributed by atoms with Gasteiger partial charge >= 0.3 is 0 Å². The van der Waals surface area contributed by atoms with Gasteiger partial charge in [-0.3, -0.25) is 0 Å². The summed E-state index contributed by atoms with van der Waals surface area (Å²) in [6.45, 7) is 2.77. The summed E-state index contributed by atoms with van der Waals surface area (Å²) < 4.78 is 11.2. The predicted molar refractivity (Wildman–Crippen MR) is 85.8 cm³/mol. The van der Waals surface area contributed by atoms with Crippen molar-refractivity contribution in [1.82, 2.24) is 0 Å². The van der Waals surface area contributed by atoms with Crippen LogP contribution in [0, 0.1) is 0 Å². The monoisotopic (exact) mass is 346 g/mol. The number of thiocarbonyl (C=S) groups is 1. The molecule has 3 N–H and O–H groups in total. The lowest BCUT2D eigenvalue weighted by Crippen LogP contribution is -2.15. The fourth-order valence-electron chi connectivity index (χ4n) is 1.56. The third kappa shape index (κ3) is 5.86. The molecule has 0 fully saturated rings. The van der Waals surface area contributed by atoms with Crippen molar-refractivity contribution in [1.29, 1.82) is 0 Å². The molecule has 0 radical (unpaired) electrons. The van der Waals surface area contributed by atoms with Crippen molar-refractivity contribution in [2.45, 2.75) is 6.42 Å². The van der Waals surface area contributed by atoms with Crippen LogP contribution in [0.1, 0.15) is 12.0 Å². The molecule has 1 aromatic rings. The summed E-state index contributed by atoms with van der Waals surface area (Å²) in [5, 5.41) is 3.32. The minimum Gasteiger partial charge on any atom is -0.389 e. The number of methoxy groups -OCH3 is 1. The SMILES string of the molecule is COCCOCCCNc1cccc(Br)c1C(N)=S. The first-order valence-corrected chi connectivity index (χ1v) is 7.25. The zero-order chi connectivity index (χ0) is 14.1. The molecule has 19 heavy (non-hydrogen) atoms. The van der Waals surface area contributed by atoms with E-state index in [1.165, 1.54) is 0 Å². The van der Waals surface area contributed by atoms with Crippen molar-refractivity contribution in [3.05, 3.63) is 28.2 Å². The maximum absolute atomic E-state index is 5.72. The highest BCUT2D eigenvalue weighted by atomic mass is 79.9. The molecule has 1 rings (SSSR count). The molecule has 0 amide bonds. The third-order valence-corrected chi connectivity index (χ3v) is 3.34. The van der Waals surface area contributed by atoms with Crippen LogP contribution in [0.15, 0.2) is 22.7 Å². The number of nitrogens with two attached hydrogens (primary N) is 1. The van der Waals surface area contributed by atoms with Gasteiger partial charge < -0.3 is 20.5 Å². The maximum Gasteiger partial charge on any atom is 0.107 e. The van der Waals surface area contributed by atoms with E-state index in [2.05, 4.69) is 21.2 Å². The van der Waals surface area contributed by atoms with Crippen LogP contribution in [-0.2, 0) is 9.47 Å². The normalized spacial score (nSPS) is 10.4. The van der Waals surface area contributed by atoms with Crippen LogP contribution in [0.3, 0.4) is 0 Å². The van der Waals surface area contributed by atoms with E-state index in [0.29, 0.717) is 24.8 Å². The van der Waals surface area contributed by atoms with Gasteiger partial charge in [-0.15, -0.1) is 0 Å². The number of anilines is 1. The molecule has 106 valence electrons. The number of rotatable bonds is 9. The van der Waals surface area contributed by atoms with E-state index < -0.39 is 0 Å². The number of nitrogens with one attached hydrogen (secondary N) is 1. The van der Waals surface area contributed by atoms with Gasteiger partial charge in [-0.2, -0.15) is 0 Å². The standard InChI is InChI=1S/C13H19BrN2O2S/c1-17-8-9-18-7-3-6-16-11-5-2-4-10(14)12(11)13(15)19/h2,4-5,16H,3,6-9H2,1H3,(H2,15,19). The second kappa shape index (κ2) is 9.25. The van der Waals surface area contributed by atoms with Crippen molar-refractivity contribution in [3.8, 4) is 0 Å². The van der Waals surface area contributed by atoms with E-state index in [4.69, 9.17) is 27.4 Å². The number of hydrogen-bond acceptors (Lipinski definition) is 4. The van der Waals surface area contributed by atoms with E-state index in [1.54, 1.807) is 7.11 Å². The average Bonchev–Trinajstić information content (AvgIpc) is 2.37. The average molecular weight is 347 g/mol. The van der Waals surface area contributed by atoms with Crippen LogP contribution in [0.25, 0.3) is 0 Å². The lowest BCUT2D eigenvalue weighted by atomic mass is 10.1. The molecular weight excluding hydrogens is 328 g/mol. The molecule has 1 aromatic carbocycles. The van der Waals surface area contributed by atoms with Gasteiger partial charge in [0.25, 0.3) is 0 Å². The van der Waals surface area contributed by atoms with Gasteiger partial charge in [0.1, 0.15) is 4.99 Å². The number of ether oxygens (including phenoxy) is 2. The lowest BCUT2D eigenvalue weighted by Gasteiger charge is -2.12. The van der Waals surface area contributed by atoms with Crippen molar-refractivity contribution < 1.29 is 9.47 Å². The summed E-state index contributed by atoms with van der Waals surface area (Å²) in [6.07, 6.45) is 0.910. The lowest BCUT2D eigenvalue weighted by molar-refractivity contribution is 0.0705. The second-order valence-corrected chi connectivity index (χ2v) is 5.21. The summed E-state index contributed by atoms with van der Waals surface area (Å²) in [5.74, 6) is 0. The molecule has 0 saturated carbocycles. The Bertz CT molecular complexity index is 416. The second-order valence-electron chi connectivity index (χ2n) is 3.91. The molecule has 4 nitrogen and oxygen atoms in total. The van der Waals surface area contributed by atoms with Gasteiger partial charge in [0.05, 0.1) is 13.2 Å². The molecule has 0 aliphatic rings. The molecular formula is C13H19BrN2O2S. The quantitative estimate of drug-likeness (QED) is 0.531. The fraction of sp³-hybridized carbons (Fsp3) is 0.462. The van der Waals surface area contributed by atoms with E-state index >= 15 is 0 Å². The topological polar surface area (TPSA) is 56.5 Å². The molecule has 0 aliphatic carbocycles. The minimum atomic E-state index is 0.381. The summed E-state index contributed by atoms with van der Waals surface area (Å²) in [7, 11) is 1.66. The van der Waals surface area contributed by atoms with Crippen molar-refractivity contribution >= 4 is 38.8 Å². The van der Waals surface area contributed by atoms with E-state index in [0.717, 1.165) is 28.7 Å². The zero-order valence-corrected chi connectivity index (χ0v) is 13.4.